The van der Waals surface area contributed by atoms with E-state index in [9.17, 15) is 0 Å². The van der Waals surface area contributed by atoms with Gasteiger partial charge in [0, 0.05) is 17.8 Å². The first-order valence-corrected chi connectivity index (χ1v) is 6.96. The van der Waals surface area contributed by atoms with Crippen LogP contribution in [0.3, 0.4) is 0 Å². The van der Waals surface area contributed by atoms with Gasteiger partial charge in [-0.2, -0.15) is 4.98 Å². The maximum atomic E-state index is 5.84. The van der Waals surface area contributed by atoms with E-state index in [1.165, 1.54) is 0 Å². The predicted octanol–water partition coefficient (Wildman–Crippen LogP) is 2.80. The summed E-state index contributed by atoms with van der Waals surface area (Å²) >= 11 is 1.65. The second-order valence-electron chi connectivity index (χ2n) is 4.63. The van der Waals surface area contributed by atoms with Gasteiger partial charge in [0.1, 0.15) is 0 Å². The van der Waals surface area contributed by atoms with Crippen molar-refractivity contribution >= 4 is 21.6 Å². The first-order valence-electron chi connectivity index (χ1n) is 6.08. The van der Waals surface area contributed by atoms with Crippen molar-refractivity contribution in [2.75, 3.05) is 0 Å². The maximum absolute atomic E-state index is 5.84. The summed E-state index contributed by atoms with van der Waals surface area (Å²) in [6, 6.07) is 3.99. The van der Waals surface area contributed by atoms with Crippen molar-refractivity contribution in [2.24, 2.45) is 5.73 Å². The Hall–Kier alpha value is -1.79. The summed E-state index contributed by atoms with van der Waals surface area (Å²) in [5.74, 6) is 1.17. The van der Waals surface area contributed by atoms with Crippen LogP contribution in [-0.2, 0) is 0 Å². The van der Waals surface area contributed by atoms with Crippen molar-refractivity contribution in [3.8, 4) is 11.4 Å². The van der Waals surface area contributed by atoms with Crippen LogP contribution in [0.4, 0.5) is 0 Å². The highest BCUT2D eigenvalue weighted by Crippen LogP contribution is 2.25. The first kappa shape index (κ1) is 12.3. The normalized spacial score (nSPS) is 14.7. The molecule has 0 bridgehead atoms. The molecule has 0 radical (unpaired) electrons. The van der Waals surface area contributed by atoms with Gasteiger partial charge in [0.2, 0.25) is 11.7 Å². The van der Waals surface area contributed by atoms with Crippen LogP contribution in [-0.4, -0.2) is 21.2 Å². The van der Waals surface area contributed by atoms with Gasteiger partial charge < -0.3 is 10.3 Å². The second kappa shape index (κ2) is 4.71. The molecule has 19 heavy (non-hydrogen) atoms. The van der Waals surface area contributed by atoms with Gasteiger partial charge in [0.05, 0.1) is 16.1 Å². The van der Waals surface area contributed by atoms with E-state index in [1.807, 2.05) is 31.4 Å². The lowest BCUT2D eigenvalue weighted by Gasteiger charge is -2.09. The van der Waals surface area contributed by atoms with E-state index in [2.05, 4.69) is 15.1 Å². The van der Waals surface area contributed by atoms with Gasteiger partial charge >= 0.3 is 0 Å². The van der Waals surface area contributed by atoms with Crippen molar-refractivity contribution in [2.45, 2.75) is 25.8 Å². The number of aromatic nitrogens is 3. The highest BCUT2D eigenvalue weighted by atomic mass is 32.1. The van der Waals surface area contributed by atoms with Gasteiger partial charge in [-0.25, -0.2) is 0 Å². The van der Waals surface area contributed by atoms with Gasteiger partial charge in [-0.15, -0.1) is 11.3 Å². The number of fused-ring (bicyclic) bond motifs is 1. The van der Waals surface area contributed by atoms with Gasteiger partial charge in [-0.1, -0.05) is 12.1 Å². The Balaban J connectivity index is 1.97. The predicted molar refractivity (Wildman–Crippen MR) is 75.0 cm³/mol. The van der Waals surface area contributed by atoms with Gasteiger partial charge in [-0.3, -0.25) is 4.98 Å². The molecule has 0 fully saturated rings. The number of pyridine rings is 1. The minimum absolute atomic E-state index is 0.0220. The van der Waals surface area contributed by atoms with Crippen molar-refractivity contribution < 1.29 is 4.52 Å². The molecular formula is C13H14N4OS. The molecule has 5 nitrogen and oxygen atoms in total. The SMILES string of the molecule is CC(N)C(C)c1nc(-c2cnc3ccsc3c2)no1. The zero-order chi connectivity index (χ0) is 13.4. The lowest BCUT2D eigenvalue weighted by atomic mass is 10.1. The van der Waals surface area contributed by atoms with E-state index >= 15 is 0 Å². The molecular weight excluding hydrogens is 260 g/mol. The van der Waals surface area contributed by atoms with Crippen molar-refractivity contribution in [1.29, 1.82) is 0 Å². The molecule has 0 amide bonds. The zero-order valence-corrected chi connectivity index (χ0v) is 11.5. The summed E-state index contributed by atoms with van der Waals surface area (Å²) in [5, 5.41) is 6.02. The summed E-state index contributed by atoms with van der Waals surface area (Å²) in [4.78, 5) is 8.77. The van der Waals surface area contributed by atoms with Gasteiger partial charge in [0.15, 0.2) is 0 Å². The Morgan fingerprint density at radius 1 is 1.37 bits per heavy atom. The molecule has 2 N–H and O–H groups in total. The number of rotatable bonds is 3. The molecule has 0 aromatic carbocycles. The van der Waals surface area contributed by atoms with Crippen LogP contribution in [0, 0.1) is 0 Å². The average Bonchev–Trinajstić information content (AvgIpc) is 3.05. The highest BCUT2D eigenvalue weighted by molar-refractivity contribution is 7.17. The molecule has 0 saturated carbocycles. The van der Waals surface area contributed by atoms with Crippen molar-refractivity contribution in [3.05, 3.63) is 29.6 Å². The topological polar surface area (TPSA) is 77.8 Å². The quantitative estimate of drug-likeness (QED) is 0.794. The van der Waals surface area contributed by atoms with E-state index in [1.54, 1.807) is 17.5 Å². The van der Waals surface area contributed by atoms with Crippen LogP contribution in [0.2, 0.25) is 0 Å². The molecule has 6 heteroatoms. The molecule has 3 rings (SSSR count). The summed E-state index contributed by atoms with van der Waals surface area (Å²) < 4.78 is 6.39. The average molecular weight is 274 g/mol. The van der Waals surface area contributed by atoms with E-state index in [4.69, 9.17) is 10.3 Å². The lowest BCUT2D eigenvalue weighted by molar-refractivity contribution is 0.347. The summed E-state index contributed by atoms with van der Waals surface area (Å²) in [6.45, 7) is 3.90. The monoisotopic (exact) mass is 274 g/mol. The fraction of sp³-hybridized carbons (Fsp3) is 0.308. The van der Waals surface area contributed by atoms with Crippen LogP contribution < -0.4 is 5.73 Å². The number of nitrogens with zero attached hydrogens (tertiary/aromatic N) is 3. The van der Waals surface area contributed by atoms with Crippen LogP contribution in [0.25, 0.3) is 21.6 Å². The number of hydrogen-bond donors (Lipinski definition) is 1. The molecule has 3 aromatic rings. The Morgan fingerprint density at radius 3 is 3.00 bits per heavy atom. The van der Waals surface area contributed by atoms with Gasteiger partial charge in [0.25, 0.3) is 0 Å². The summed E-state index contributed by atoms with van der Waals surface area (Å²) in [6.07, 6.45) is 1.76. The third-order valence-corrected chi connectivity index (χ3v) is 4.03. The molecule has 2 unspecified atom stereocenters. The van der Waals surface area contributed by atoms with E-state index in [0.29, 0.717) is 11.7 Å². The fourth-order valence-corrected chi connectivity index (χ4v) is 2.51. The highest BCUT2D eigenvalue weighted by Gasteiger charge is 2.18. The second-order valence-corrected chi connectivity index (χ2v) is 5.58. The molecule has 0 aliphatic rings. The minimum atomic E-state index is -0.0220. The molecule has 2 atom stereocenters. The Kier molecular flexibility index (Phi) is 3.04. The molecule has 3 aromatic heterocycles. The van der Waals surface area contributed by atoms with E-state index in [-0.39, 0.29) is 12.0 Å². The van der Waals surface area contributed by atoms with E-state index in [0.717, 1.165) is 15.8 Å². The summed E-state index contributed by atoms with van der Waals surface area (Å²) in [7, 11) is 0. The van der Waals surface area contributed by atoms with Crippen molar-refractivity contribution in [3.63, 3.8) is 0 Å². The molecule has 0 aliphatic carbocycles. The van der Waals surface area contributed by atoms with Crippen molar-refractivity contribution in [1.82, 2.24) is 15.1 Å². The molecule has 0 saturated heterocycles. The minimum Gasteiger partial charge on any atom is -0.339 e. The number of hydrogen-bond acceptors (Lipinski definition) is 6. The number of nitrogens with two attached hydrogens (primary N) is 1. The maximum Gasteiger partial charge on any atom is 0.231 e. The Bertz CT molecular complexity index is 703. The van der Waals surface area contributed by atoms with Crippen LogP contribution in [0.1, 0.15) is 25.7 Å². The standard InChI is InChI=1S/C13H14N4OS/c1-7(8(2)14)13-16-12(17-18-13)9-5-11-10(15-6-9)3-4-19-11/h3-8H,14H2,1-2H3. The van der Waals surface area contributed by atoms with Crippen LogP contribution >= 0.6 is 11.3 Å². The van der Waals surface area contributed by atoms with Crippen LogP contribution in [0.15, 0.2) is 28.2 Å². The van der Waals surface area contributed by atoms with Crippen LogP contribution in [0.5, 0.6) is 0 Å². The van der Waals surface area contributed by atoms with E-state index < -0.39 is 0 Å². The lowest BCUT2D eigenvalue weighted by Crippen LogP contribution is -2.22. The third kappa shape index (κ3) is 2.24. The fourth-order valence-electron chi connectivity index (χ4n) is 1.73. The largest absolute Gasteiger partial charge is 0.339 e. The Morgan fingerprint density at radius 2 is 2.21 bits per heavy atom. The molecule has 98 valence electrons. The molecule has 0 aliphatic heterocycles. The Labute approximate surface area is 114 Å². The van der Waals surface area contributed by atoms with Gasteiger partial charge in [-0.05, 0) is 24.4 Å². The third-order valence-electron chi connectivity index (χ3n) is 3.18. The number of thiophene rings is 1. The molecule has 3 heterocycles. The zero-order valence-electron chi connectivity index (χ0n) is 10.7. The smallest absolute Gasteiger partial charge is 0.231 e. The summed E-state index contributed by atoms with van der Waals surface area (Å²) in [5.41, 5.74) is 7.69. The first-order chi connectivity index (χ1) is 9.15. The molecule has 0 spiro atoms.